The van der Waals surface area contributed by atoms with Gasteiger partial charge in [0.25, 0.3) is 5.91 Å². The molecule has 136 valence electrons. The number of nitrogens with zero attached hydrogens (tertiary/aromatic N) is 2. The van der Waals surface area contributed by atoms with Crippen molar-refractivity contribution < 1.29 is 17.9 Å². The van der Waals surface area contributed by atoms with E-state index in [1.807, 2.05) is 0 Å². The summed E-state index contributed by atoms with van der Waals surface area (Å²) in [6, 6.07) is 1.40. The number of methoxy groups -OCH3 is 1. The highest BCUT2D eigenvalue weighted by atomic mass is 32.2. The molecule has 0 spiro atoms. The molecule has 1 atom stereocenters. The number of amides is 1. The summed E-state index contributed by atoms with van der Waals surface area (Å²) in [6.07, 6.45) is 3.28. The zero-order valence-electron chi connectivity index (χ0n) is 14.6. The largest absolute Gasteiger partial charge is 0.383 e. The molecule has 1 amide bonds. The van der Waals surface area contributed by atoms with E-state index in [4.69, 9.17) is 4.74 Å². The summed E-state index contributed by atoms with van der Waals surface area (Å²) < 4.78 is 34.5. The van der Waals surface area contributed by atoms with Gasteiger partial charge >= 0.3 is 0 Å². The Bertz CT molecular complexity index is 690. The summed E-state index contributed by atoms with van der Waals surface area (Å²) in [5.41, 5.74) is -0.0511. The van der Waals surface area contributed by atoms with Gasteiger partial charge in [0.2, 0.25) is 10.0 Å². The lowest BCUT2D eigenvalue weighted by Crippen LogP contribution is -2.52. The normalized spacial score (nSPS) is 21.2. The van der Waals surface area contributed by atoms with Crippen LogP contribution in [-0.4, -0.2) is 70.2 Å². The second kappa shape index (κ2) is 7.22. The van der Waals surface area contributed by atoms with Crippen molar-refractivity contribution in [3.63, 3.8) is 0 Å². The molecule has 8 nitrogen and oxygen atoms in total. The van der Waals surface area contributed by atoms with Gasteiger partial charge in [-0.3, -0.25) is 4.79 Å². The van der Waals surface area contributed by atoms with Gasteiger partial charge in [0.05, 0.1) is 12.1 Å². The van der Waals surface area contributed by atoms with Crippen molar-refractivity contribution in [3.8, 4) is 0 Å². The first kappa shape index (κ1) is 18.9. The lowest BCUT2D eigenvalue weighted by atomic mass is 9.99. The Balaban J connectivity index is 2.16. The van der Waals surface area contributed by atoms with Crippen LogP contribution in [0.5, 0.6) is 0 Å². The number of hydrogen-bond acceptors (Lipinski definition) is 5. The van der Waals surface area contributed by atoms with Gasteiger partial charge in [0, 0.05) is 41.0 Å². The summed E-state index contributed by atoms with van der Waals surface area (Å²) >= 11 is 0. The van der Waals surface area contributed by atoms with Crippen LogP contribution in [0.25, 0.3) is 0 Å². The van der Waals surface area contributed by atoms with E-state index >= 15 is 0 Å². The molecule has 1 aliphatic heterocycles. The van der Waals surface area contributed by atoms with Gasteiger partial charge in [0.1, 0.15) is 10.6 Å². The molecule has 2 rings (SSSR count). The van der Waals surface area contributed by atoms with Gasteiger partial charge < -0.3 is 19.5 Å². The summed E-state index contributed by atoms with van der Waals surface area (Å²) in [4.78, 5) is 13.6. The molecule has 2 heterocycles. The fourth-order valence-corrected chi connectivity index (χ4v) is 4.11. The van der Waals surface area contributed by atoms with E-state index < -0.39 is 10.0 Å². The number of rotatable bonds is 7. The average Bonchev–Trinajstić information content (AvgIpc) is 3.13. The fraction of sp³-hybridized carbons (Fsp3) is 0.667. The molecular formula is C15H26N4O4S. The van der Waals surface area contributed by atoms with Crippen molar-refractivity contribution in [3.05, 3.63) is 18.0 Å². The first-order chi connectivity index (χ1) is 11.2. The van der Waals surface area contributed by atoms with Crippen molar-refractivity contribution in [2.24, 2.45) is 7.05 Å². The van der Waals surface area contributed by atoms with E-state index in [0.717, 1.165) is 19.4 Å². The zero-order valence-corrected chi connectivity index (χ0v) is 15.4. The van der Waals surface area contributed by atoms with Crippen molar-refractivity contribution in [1.82, 2.24) is 19.5 Å². The summed E-state index contributed by atoms with van der Waals surface area (Å²) in [5, 5.41) is 3.33. The lowest BCUT2D eigenvalue weighted by molar-refractivity contribution is 0.0818. The molecular weight excluding hydrogens is 332 g/mol. The van der Waals surface area contributed by atoms with Crippen LogP contribution >= 0.6 is 0 Å². The predicted octanol–water partition coefficient (Wildman–Crippen LogP) is -0.226. The number of aryl methyl sites for hydroxylation is 1. The van der Waals surface area contributed by atoms with Gasteiger partial charge in [-0.2, -0.15) is 0 Å². The molecule has 1 aliphatic rings. The highest BCUT2D eigenvalue weighted by Crippen LogP contribution is 2.20. The van der Waals surface area contributed by atoms with E-state index in [1.165, 1.54) is 21.7 Å². The van der Waals surface area contributed by atoms with Crippen LogP contribution in [0.4, 0.5) is 0 Å². The quantitative estimate of drug-likeness (QED) is 0.703. The second-order valence-electron chi connectivity index (χ2n) is 6.44. The van der Waals surface area contributed by atoms with Gasteiger partial charge in [-0.05, 0) is 25.5 Å². The smallest absolute Gasteiger partial charge is 0.269 e. The highest BCUT2D eigenvalue weighted by Gasteiger charge is 2.35. The topological polar surface area (TPSA) is 92.7 Å². The maximum Gasteiger partial charge on any atom is 0.269 e. The van der Waals surface area contributed by atoms with E-state index in [1.54, 1.807) is 28.3 Å². The van der Waals surface area contributed by atoms with Crippen LogP contribution in [0, 0.1) is 0 Å². The molecule has 24 heavy (non-hydrogen) atoms. The molecule has 2 N–H and O–H groups in total. The number of carbonyl (C=O) groups is 1. The predicted molar refractivity (Wildman–Crippen MR) is 90.5 cm³/mol. The van der Waals surface area contributed by atoms with E-state index in [2.05, 4.69) is 10.0 Å². The Morgan fingerprint density at radius 1 is 1.50 bits per heavy atom. The number of sulfonamides is 1. The Morgan fingerprint density at radius 3 is 2.75 bits per heavy atom. The molecule has 1 aromatic rings. The van der Waals surface area contributed by atoms with E-state index in [9.17, 15) is 13.2 Å². The number of aromatic nitrogens is 1. The van der Waals surface area contributed by atoms with Crippen molar-refractivity contribution in [1.29, 1.82) is 0 Å². The van der Waals surface area contributed by atoms with Gasteiger partial charge in [-0.25, -0.2) is 13.1 Å². The van der Waals surface area contributed by atoms with Crippen molar-refractivity contribution in [2.75, 3.05) is 40.9 Å². The van der Waals surface area contributed by atoms with Crippen molar-refractivity contribution in [2.45, 2.75) is 23.3 Å². The fourth-order valence-electron chi connectivity index (χ4n) is 2.91. The Labute approximate surface area is 143 Å². The van der Waals surface area contributed by atoms with Crippen LogP contribution in [-0.2, 0) is 21.8 Å². The molecule has 0 radical (unpaired) electrons. The minimum Gasteiger partial charge on any atom is -0.383 e. The minimum atomic E-state index is -3.70. The molecule has 0 saturated carbocycles. The Morgan fingerprint density at radius 2 is 2.21 bits per heavy atom. The maximum atomic E-state index is 12.6. The first-order valence-electron chi connectivity index (χ1n) is 7.82. The molecule has 0 aromatic carbocycles. The molecule has 0 bridgehead atoms. The van der Waals surface area contributed by atoms with Crippen LogP contribution in [0.1, 0.15) is 23.3 Å². The molecule has 1 aromatic heterocycles. The van der Waals surface area contributed by atoms with Crippen LogP contribution in [0.3, 0.4) is 0 Å². The minimum absolute atomic E-state index is 0.0840. The highest BCUT2D eigenvalue weighted by molar-refractivity contribution is 7.89. The summed E-state index contributed by atoms with van der Waals surface area (Å²) in [7, 11) is 2.81. The monoisotopic (exact) mass is 358 g/mol. The standard InChI is InChI=1S/C15H26N4O4S/c1-18(2)14(20)13-8-12(9-19(13)3)24(21,22)17-10-15(11-23-4)6-5-7-16-15/h8-9,16-17H,5-7,10-11H2,1-4H3. The average molecular weight is 358 g/mol. The molecule has 1 saturated heterocycles. The third kappa shape index (κ3) is 3.97. The van der Waals surface area contributed by atoms with Gasteiger partial charge in [0.15, 0.2) is 0 Å². The first-order valence-corrected chi connectivity index (χ1v) is 9.31. The number of ether oxygens (including phenoxy) is 1. The summed E-state index contributed by atoms with van der Waals surface area (Å²) in [5.74, 6) is -0.243. The van der Waals surface area contributed by atoms with Crippen molar-refractivity contribution >= 4 is 15.9 Å². The van der Waals surface area contributed by atoms with Gasteiger partial charge in [-0.1, -0.05) is 0 Å². The van der Waals surface area contributed by atoms with E-state index in [-0.39, 0.29) is 22.9 Å². The van der Waals surface area contributed by atoms with Crippen LogP contribution in [0.15, 0.2) is 17.2 Å². The number of carbonyl (C=O) groups excluding carboxylic acids is 1. The number of hydrogen-bond donors (Lipinski definition) is 2. The molecule has 0 aliphatic carbocycles. The Hall–Kier alpha value is -1.42. The molecule has 1 unspecified atom stereocenters. The van der Waals surface area contributed by atoms with Crippen LogP contribution < -0.4 is 10.0 Å². The second-order valence-corrected chi connectivity index (χ2v) is 8.21. The molecule has 1 fully saturated rings. The Kier molecular flexibility index (Phi) is 5.69. The lowest BCUT2D eigenvalue weighted by Gasteiger charge is -2.28. The third-order valence-corrected chi connectivity index (χ3v) is 5.64. The maximum absolute atomic E-state index is 12.6. The number of nitrogens with one attached hydrogen (secondary N) is 2. The molecule has 9 heteroatoms. The third-order valence-electron chi connectivity index (χ3n) is 4.27. The van der Waals surface area contributed by atoms with Crippen LogP contribution in [0.2, 0.25) is 0 Å². The van der Waals surface area contributed by atoms with E-state index in [0.29, 0.717) is 12.3 Å². The SMILES string of the molecule is COCC1(CNS(=O)(=O)c2cc(C(=O)N(C)C)n(C)c2)CCCN1. The van der Waals surface area contributed by atoms with Gasteiger partial charge in [-0.15, -0.1) is 0 Å². The summed E-state index contributed by atoms with van der Waals surface area (Å²) in [6.45, 7) is 1.53. The zero-order chi connectivity index (χ0) is 18.0.